The van der Waals surface area contributed by atoms with E-state index in [0.717, 1.165) is 0 Å². The molecule has 2 aromatic carbocycles. The Bertz CT molecular complexity index is 1520. The lowest BCUT2D eigenvalue weighted by Gasteiger charge is -2.14. The molecule has 0 radical (unpaired) electrons. The van der Waals surface area contributed by atoms with E-state index >= 15 is 0 Å². The van der Waals surface area contributed by atoms with Crippen LogP contribution in [0.25, 0.3) is 11.0 Å². The van der Waals surface area contributed by atoms with Gasteiger partial charge in [0.15, 0.2) is 5.78 Å². The van der Waals surface area contributed by atoms with Crippen LogP contribution in [0.2, 0.25) is 5.02 Å². The van der Waals surface area contributed by atoms with Crippen LogP contribution in [0.1, 0.15) is 33.2 Å². The Morgan fingerprint density at radius 1 is 1.06 bits per heavy atom. The van der Waals surface area contributed by atoms with Crippen LogP contribution in [0.4, 0.5) is 10.1 Å². The number of aromatic nitrogens is 2. The van der Waals surface area contributed by atoms with Crippen LogP contribution in [0.3, 0.4) is 0 Å². The number of carbonyl (C=O) groups excluding carboxylic acids is 2. The SMILES string of the molecule is CC(=O)c1ccc(NC(=O)c2cn(Cc3ccc(F)cc3Cl)c3ccc(=O)[nH]c3c2=O)cc1. The van der Waals surface area contributed by atoms with E-state index in [0.29, 0.717) is 22.3 Å². The summed E-state index contributed by atoms with van der Waals surface area (Å²) in [4.78, 5) is 51.7. The molecule has 0 aliphatic rings. The summed E-state index contributed by atoms with van der Waals surface area (Å²) in [6, 6.07) is 12.9. The summed E-state index contributed by atoms with van der Waals surface area (Å²) in [5.41, 5.74) is 0.403. The molecule has 2 N–H and O–H groups in total. The van der Waals surface area contributed by atoms with Gasteiger partial charge in [0.25, 0.3) is 5.91 Å². The molecule has 0 atom stereocenters. The number of pyridine rings is 2. The summed E-state index contributed by atoms with van der Waals surface area (Å²) >= 11 is 6.16. The van der Waals surface area contributed by atoms with Crippen LogP contribution < -0.4 is 16.3 Å². The highest BCUT2D eigenvalue weighted by molar-refractivity contribution is 6.31. The van der Waals surface area contributed by atoms with Crippen LogP contribution in [0, 0.1) is 5.82 Å². The van der Waals surface area contributed by atoms with Crippen molar-refractivity contribution in [2.45, 2.75) is 13.5 Å². The molecule has 9 heteroatoms. The van der Waals surface area contributed by atoms with Crippen molar-refractivity contribution < 1.29 is 14.0 Å². The Balaban J connectivity index is 1.78. The number of H-pyrrole nitrogens is 1. The number of hydrogen-bond donors (Lipinski definition) is 2. The minimum Gasteiger partial charge on any atom is -0.341 e. The predicted molar refractivity (Wildman–Crippen MR) is 124 cm³/mol. The maximum atomic E-state index is 13.4. The number of carbonyl (C=O) groups is 2. The zero-order valence-corrected chi connectivity index (χ0v) is 18.1. The molecular weight excluding hydrogens is 449 g/mol. The number of rotatable bonds is 5. The molecule has 0 saturated carbocycles. The van der Waals surface area contributed by atoms with Gasteiger partial charge >= 0.3 is 0 Å². The molecule has 7 nitrogen and oxygen atoms in total. The van der Waals surface area contributed by atoms with Gasteiger partial charge in [0.1, 0.15) is 16.9 Å². The van der Waals surface area contributed by atoms with Crippen molar-refractivity contribution in [3.05, 3.63) is 109 Å². The van der Waals surface area contributed by atoms with Crippen LogP contribution in [-0.2, 0) is 6.54 Å². The predicted octanol–water partition coefficient (Wildman–Crippen LogP) is 3.99. The maximum Gasteiger partial charge on any atom is 0.261 e. The average Bonchev–Trinajstić information content (AvgIpc) is 2.77. The fourth-order valence-corrected chi connectivity index (χ4v) is 3.64. The number of anilines is 1. The van der Waals surface area contributed by atoms with Crippen LogP contribution in [0.5, 0.6) is 0 Å². The van der Waals surface area contributed by atoms with E-state index in [9.17, 15) is 23.6 Å². The van der Waals surface area contributed by atoms with Gasteiger partial charge in [-0.2, -0.15) is 0 Å². The van der Waals surface area contributed by atoms with Crippen molar-refractivity contribution in [1.82, 2.24) is 9.55 Å². The van der Waals surface area contributed by atoms with Gasteiger partial charge in [0.05, 0.1) is 5.52 Å². The number of fused-ring (bicyclic) bond motifs is 1. The first kappa shape index (κ1) is 22.2. The van der Waals surface area contributed by atoms with E-state index in [1.54, 1.807) is 28.8 Å². The van der Waals surface area contributed by atoms with Crippen molar-refractivity contribution in [1.29, 1.82) is 0 Å². The number of nitrogens with zero attached hydrogens (tertiary/aromatic N) is 1. The highest BCUT2D eigenvalue weighted by atomic mass is 35.5. The van der Waals surface area contributed by atoms with E-state index in [1.807, 2.05) is 0 Å². The average molecular weight is 466 g/mol. The summed E-state index contributed by atoms with van der Waals surface area (Å²) in [5, 5.41) is 2.81. The lowest BCUT2D eigenvalue weighted by atomic mass is 10.1. The van der Waals surface area contributed by atoms with Gasteiger partial charge in [0, 0.05) is 35.1 Å². The van der Waals surface area contributed by atoms with E-state index in [-0.39, 0.29) is 28.4 Å². The molecule has 1 amide bonds. The second-order valence-corrected chi connectivity index (χ2v) is 7.81. The molecule has 4 rings (SSSR count). The standard InChI is InChI=1S/C24H17ClFN3O4/c1-13(30)14-3-6-17(7-4-14)27-24(33)18-12-29(11-15-2-5-16(26)10-19(15)25)20-8-9-21(31)28-22(20)23(18)32/h2-10,12H,11H2,1H3,(H,27,33)(H,28,31). The number of hydrogen-bond acceptors (Lipinski definition) is 4. The number of aromatic amines is 1. The zero-order valence-electron chi connectivity index (χ0n) is 17.3. The summed E-state index contributed by atoms with van der Waals surface area (Å²) in [6.07, 6.45) is 1.36. The first-order chi connectivity index (χ1) is 15.7. The fourth-order valence-electron chi connectivity index (χ4n) is 3.41. The maximum absolute atomic E-state index is 13.4. The minimum absolute atomic E-state index is 0.0414. The molecule has 0 aliphatic carbocycles. The molecule has 2 aromatic heterocycles. The van der Waals surface area contributed by atoms with E-state index in [2.05, 4.69) is 10.3 Å². The highest BCUT2D eigenvalue weighted by Crippen LogP contribution is 2.20. The largest absolute Gasteiger partial charge is 0.341 e. The quantitative estimate of drug-likeness (QED) is 0.435. The van der Waals surface area contributed by atoms with Crippen molar-refractivity contribution in [3.8, 4) is 0 Å². The third-order valence-corrected chi connectivity index (χ3v) is 5.46. The Hall–Kier alpha value is -4.04. The number of benzene rings is 2. The molecule has 0 aliphatic heterocycles. The van der Waals surface area contributed by atoms with E-state index in [1.165, 1.54) is 43.5 Å². The van der Waals surface area contributed by atoms with Crippen LogP contribution in [-0.4, -0.2) is 21.2 Å². The van der Waals surface area contributed by atoms with Crippen molar-refractivity contribution in [2.75, 3.05) is 5.32 Å². The second-order valence-electron chi connectivity index (χ2n) is 7.41. The molecule has 0 unspecified atom stereocenters. The van der Waals surface area contributed by atoms with Gasteiger partial charge in [0.2, 0.25) is 11.0 Å². The highest BCUT2D eigenvalue weighted by Gasteiger charge is 2.17. The number of ketones is 1. The second kappa shape index (κ2) is 8.84. The Kier molecular flexibility index (Phi) is 5.93. The van der Waals surface area contributed by atoms with E-state index in [4.69, 9.17) is 11.6 Å². The van der Waals surface area contributed by atoms with Gasteiger partial charge in [-0.1, -0.05) is 17.7 Å². The summed E-state index contributed by atoms with van der Waals surface area (Å²) in [5.74, 6) is -1.30. The lowest BCUT2D eigenvalue weighted by molar-refractivity contribution is 0.101. The molecule has 166 valence electrons. The zero-order chi connectivity index (χ0) is 23.7. The van der Waals surface area contributed by atoms with Gasteiger partial charge < -0.3 is 14.9 Å². The summed E-state index contributed by atoms with van der Waals surface area (Å²) < 4.78 is 15.0. The Labute approximate surface area is 191 Å². The summed E-state index contributed by atoms with van der Waals surface area (Å²) in [6.45, 7) is 1.55. The molecule has 33 heavy (non-hydrogen) atoms. The first-order valence-corrected chi connectivity index (χ1v) is 10.2. The molecule has 0 fully saturated rings. The van der Waals surface area contributed by atoms with Crippen molar-refractivity contribution in [3.63, 3.8) is 0 Å². The molecule has 0 spiro atoms. The van der Waals surface area contributed by atoms with Crippen LogP contribution in [0.15, 0.2) is 70.4 Å². The molecule has 2 heterocycles. The number of nitrogens with one attached hydrogen (secondary N) is 2. The molecule has 0 bridgehead atoms. The third kappa shape index (κ3) is 4.61. The lowest BCUT2D eigenvalue weighted by Crippen LogP contribution is -2.26. The normalized spacial score (nSPS) is 10.9. The topological polar surface area (TPSA) is 101 Å². The number of halogens is 2. The van der Waals surface area contributed by atoms with Gasteiger partial charge in [-0.15, -0.1) is 0 Å². The number of Topliss-reactive ketones (excluding diaryl/α,β-unsaturated/α-hetero) is 1. The summed E-state index contributed by atoms with van der Waals surface area (Å²) in [7, 11) is 0. The molecule has 0 saturated heterocycles. The van der Waals surface area contributed by atoms with Gasteiger partial charge in [-0.25, -0.2) is 4.39 Å². The fraction of sp³-hybridized carbons (Fsp3) is 0.0833. The van der Waals surface area contributed by atoms with Gasteiger partial charge in [-0.05, 0) is 55.0 Å². The molecular formula is C24H17ClFN3O4. The number of amides is 1. The van der Waals surface area contributed by atoms with Crippen LogP contribution >= 0.6 is 11.6 Å². The Morgan fingerprint density at radius 3 is 2.45 bits per heavy atom. The minimum atomic E-state index is -0.693. The van der Waals surface area contributed by atoms with Crippen molar-refractivity contribution >= 4 is 40.0 Å². The monoisotopic (exact) mass is 465 g/mol. The first-order valence-electron chi connectivity index (χ1n) is 9.85. The molecule has 4 aromatic rings. The van der Waals surface area contributed by atoms with Gasteiger partial charge in [-0.3, -0.25) is 19.2 Å². The Morgan fingerprint density at radius 2 is 1.79 bits per heavy atom. The van der Waals surface area contributed by atoms with Crippen molar-refractivity contribution in [2.24, 2.45) is 0 Å². The smallest absolute Gasteiger partial charge is 0.261 e. The third-order valence-electron chi connectivity index (χ3n) is 5.11. The van der Waals surface area contributed by atoms with E-state index < -0.39 is 22.7 Å².